The molecule has 0 N–H and O–H groups in total. The second kappa shape index (κ2) is 4.92. The van der Waals surface area contributed by atoms with E-state index < -0.39 is 0 Å². The lowest BCUT2D eigenvalue weighted by atomic mass is 9.89. The third-order valence-electron chi connectivity index (χ3n) is 3.75. The molecule has 0 aromatic carbocycles. The average Bonchev–Trinajstić information content (AvgIpc) is 2.79. The smallest absolute Gasteiger partial charge is 0.0875 e. The minimum absolute atomic E-state index is 0.788. The van der Waals surface area contributed by atoms with Crippen molar-refractivity contribution in [3.63, 3.8) is 0 Å². The lowest BCUT2D eigenvalue weighted by Gasteiger charge is -2.16. The largest absolute Gasteiger partial charge is 0.409 e. The Balaban J connectivity index is 2.00. The molecule has 2 heterocycles. The molecule has 0 bridgehead atoms. The minimum atomic E-state index is 0.788. The number of rotatable bonds is 3. The highest BCUT2D eigenvalue weighted by Crippen LogP contribution is 2.23. The summed E-state index contributed by atoms with van der Waals surface area (Å²) in [5.74, 6) is 0.788. The monoisotopic (exact) mass is 262 g/mol. The normalized spacial score (nSPS) is 19.1. The maximum Gasteiger partial charge on any atom is 0.409 e. The van der Waals surface area contributed by atoms with Crippen LogP contribution in [-0.4, -0.2) is 10.1 Å². The summed E-state index contributed by atoms with van der Waals surface area (Å²) in [5.41, 5.74) is 2.80. The molecular weight excluding hydrogens is 242 g/mol. The Bertz CT molecular complexity index is 561. The zero-order valence-corrected chi connectivity index (χ0v) is 12.0. The van der Waals surface area contributed by atoms with Crippen LogP contribution in [0.15, 0.2) is 6.20 Å². The van der Waals surface area contributed by atoms with Gasteiger partial charge in [0.25, 0.3) is 0 Å². The molecule has 4 heteroatoms. The molecule has 0 spiro atoms. The van der Waals surface area contributed by atoms with E-state index in [1.165, 1.54) is 35.5 Å². The van der Waals surface area contributed by atoms with Gasteiger partial charge in [0.15, 0.2) is 0 Å². The molecule has 1 unspecified atom stereocenters. The molecule has 0 saturated carbocycles. The van der Waals surface area contributed by atoms with Crippen LogP contribution in [0.3, 0.4) is 0 Å². The fraction of sp³-hybridized carbons (Fsp3) is 0.643. The Kier molecular flexibility index (Phi) is 3.29. The molecule has 1 aliphatic rings. The first-order valence-electron chi connectivity index (χ1n) is 6.96. The van der Waals surface area contributed by atoms with Crippen molar-refractivity contribution in [3.8, 4) is 0 Å². The molecule has 2 aromatic heterocycles. The van der Waals surface area contributed by atoms with Crippen LogP contribution in [0.1, 0.15) is 49.4 Å². The Morgan fingerprint density at radius 3 is 3.22 bits per heavy atom. The SMILES string of the molecule is CCCCc1n[n+]2c3c(cnc2s1)CC(C)CC3. The average molecular weight is 262 g/mol. The molecule has 0 fully saturated rings. The second-order valence-corrected chi connectivity index (χ2v) is 6.41. The second-order valence-electron chi connectivity index (χ2n) is 5.37. The summed E-state index contributed by atoms with van der Waals surface area (Å²) in [4.78, 5) is 5.64. The van der Waals surface area contributed by atoms with Crippen molar-refractivity contribution in [1.29, 1.82) is 0 Å². The Hall–Kier alpha value is -1.03. The van der Waals surface area contributed by atoms with E-state index in [4.69, 9.17) is 5.10 Å². The third-order valence-corrected chi connectivity index (χ3v) is 4.73. The van der Waals surface area contributed by atoms with Gasteiger partial charge in [-0.25, -0.2) is 0 Å². The highest BCUT2D eigenvalue weighted by Gasteiger charge is 2.25. The van der Waals surface area contributed by atoms with Crippen LogP contribution < -0.4 is 4.52 Å². The molecule has 1 aliphatic carbocycles. The van der Waals surface area contributed by atoms with Crippen LogP contribution in [0, 0.1) is 5.92 Å². The van der Waals surface area contributed by atoms with E-state index in [0.29, 0.717) is 0 Å². The Morgan fingerprint density at radius 2 is 2.39 bits per heavy atom. The molecule has 0 saturated heterocycles. The van der Waals surface area contributed by atoms with Crippen molar-refractivity contribution in [1.82, 2.24) is 10.1 Å². The van der Waals surface area contributed by atoms with E-state index in [1.54, 1.807) is 11.3 Å². The number of aryl methyl sites for hydroxylation is 2. The van der Waals surface area contributed by atoms with Crippen molar-refractivity contribution in [2.45, 2.75) is 52.4 Å². The Morgan fingerprint density at radius 1 is 1.50 bits per heavy atom. The van der Waals surface area contributed by atoms with Crippen molar-refractivity contribution in [3.05, 3.63) is 22.5 Å². The molecule has 0 radical (unpaired) electrons. The maximum absolute atomic E-state index is 4.76. The predicted octanol–water partition coefficient (Wildman–Crippen LogP) is 2.74. The lowest BCUT2D eigenvalue weighted by Crippen LogP contribution is -2.34. The number of fused-ring (bicyclic) bond motifs is 3. The molecule has 3 rings (SSSR count). The van der Waals surface area contributed by atoms with E-state index >= 15 is 0 Å². The van der Waals surface area contributed by atoms with Gasteiger partial charge < -0.3 is 0 Å². The molecule has 0 aliphatic heterocycles. The number of nitrogens with zero attached hydrogens (tertiary/aromatic N) is 3. The van der Waals surface area contributed by atoms with Crippen LogP contribution in [-0.2, 0) is 19.3 Å². The summed E-state index contributed by atoms with van der Waals surface area (Å²) < 4.78 is 2.11. The summed E-state index contributed by atoms with van der Waals surface area (Å²) in [6, 6.07) is 0. The summed E-state index contributed by atoms with van der Waals surface area (Å²) in [6.07, 6.45) is 9.20. The molecule has 96 valence electrons. The van der Waals surface area contributed by atoms with Crippen LogP contribution in [0.4, 0.5) is 0 Å². The molecule has 18 heavy (non-hydrogen) atoms. The summed E-state index contributed by atoms with van der Waals surface area (Å²) in [5, 5.41) is 5.99. The van der Waals surface area contributed by atoms with Gasteiger partial charge >= 0.3 is 4.96 Å². The standard InChI is InChI=1S/C14H20N3S/c1-3-4-5-13-16-17-12-7-6-10(2)8-11(12)9-15-14(17)18-13/h9-10H,3-8H2,1-2H3/q+1. The molecule has 1 atom stereocenters. The molecule has 2 aromatic rings. The third kappa shape index (κ3) is 2.14. The number of unbranched alkanes of at least 4 members (excludes halogenated alkanes) is 1. The van der Waals surface area contributed by atoms with Crippen LogP contribution in [0.2, 0.25) is 0 Å². The fourth-order valence-electron chi connectivity index (χ4n) is 2.65. The molecular formula is C14H20N3S+. The zero-order chi connectivity index (χ0) is 12.5. The summed E-state index contributed by atoms with van der Waals surface area (Å²) in [6.45, 7) is 4.55. The summed E-state index contributed by atoms with van der Waals surface area (Å²) >= 11 is 1.75. The van der Waals surface area contributed by atoms with Gasteiger partial charge in [-0.2, -0.15) is 0 Å². The van der Waals surface area contributed by atoms with E-state index in [0.717, 1.165) is 30.1 Å². The highest BCUT2D eigenvalue weighted by molar-refractivity contribution is 7.16. The first kappa shape index (κ1) is 12.0. The van der Waals surface area contributed by atoms with Crippen LogP contribution >= 0.6 is 11.3 Å². The number of hydrogen-bond acceptors (Lipinski definition) is 3. The van der Waals surface area contributed by atoms with Crippen molar-refractivity contribution >= 4 is 16.3 Å². The number of hydrogen-bond donors (Lipinski definition) is 0. The van der Waals surface area contributed by atoms with E-state index in [-0.39, 0.29) is 0 Å². The van der Waals surface area contributed by atoms with Gasteiger partial charge in [0.2, 0.25) is 0 Å². The highest BCUT2D eigenvalue weighted by atomic mass is 32.1. The van der Waals surface area contributed by atoms with E-state index in [9.17, 15) is 0 Å². The van der Waals surface area contributed by atoms with Gasteiger partial charge in [0.05, 0.1) is 0 Å². The van der Waals surface area contributed by atoms with Crippen molar-refractivity contribution in [2.24, 2.45) is 5.92 Å². The topological polar surface area (TPSA) is 29.9 Å². The minimum Gasteiger partial charge on any atom is -0.0875 e. The van der Waals surface area contributed by atoms with Gasteiger partial charge in [-0.05, 0) is 41.5 Å². The zero-order valence-electron chi connectivity index (χ0n) is 11.1. The van der Waals surface area contributed by atoms with E-state index in [1.807, 2.05) is 0 Å². The quantitative estimate of drug-likeness (QED) is 0.796. The predicted molar refractivity (Wildman–Crippen MR) is 72.9 cm³/mol. The lowest BCUT2D eigenvalue weighted by molar-refractivity contribution is -0.588. The molecule has 3 nitrogen and oxygen atoms in total. The maximum atomic E-state index is 4.76. The van der Waals surface area contributed by atoms with Gasteiger partial charge in [0.1, 0.15) is 16.9 Å². The first-order chi connectivity index (χ1) is 8.78. The first-order valence-corrected chi connectivity index (χ1v) is 7.78. The van der Waals surface area contributed by atoms with Crippen molar-refractivity contribution < 1.29 is 4.52 Å². The van der Waals surface area contributed by atoms with Gasteiger partial charge in [-0.15, -0.1) is 0 Å². The Labute approximate surface area is 112 Å². The van der Waals surface area contributed by atoms with E-state index in [2.05, 4.69) is 29.5 Å². The fourth-order valence-corrected chi connectivity index (χ4v) is 3.57. The van der Waals surface area contributed by atoms with Crippen LogP contribution in [0.25, 0.3) is 4.96 Å². The van der Waals surface area contributed by atoms with Gasteiger partial charge in [-0.3, -0.25) is 0 Å². The summed E-state index contributed by atoms with van der Waals surface area (Å²) in [7, 11) is 0. The van der Waals surface area contributed by atoms with Crippen LogP contribution in [0.5, 0.6) is 0 Å². The van der Waals surface area contributed by atoms with Gasteiger partial charge in [-0.1, -0.05) is 29.9 Å². The number of aromatic nitrogens is 3. The van der Waals surface area contributed by atoms with Crippen molar-refractivity contribution in [2.75, 3.05) is 0 Å². The molecule has 0 amide bonds. The van der Waals surface area contributed by atoms with Gasteiger partial charge in [0, 0.05) is 18.4 Å².